The third-order valence-corrected chi connectivity index (χ3v) is 4.32. The Balaban J connectivity index is 1.74. The van der Waals surface area contributed by atoms with Crippen molar-refractivity contribution in [3.63, 3.8) is 0 Å². The number of hydrogen-bond donors (Lipinski definition) is 1. The monoisotopic (exact) mass is 340 g/mol. The molecule has 0 atom stereocenters. The van der Waals surface area contributed by atoms with Gasteiger partial charge in [0.1, 0.15) is 5.52 Å². The lowest BCUT2D eigenvalue weighted by molar-refractivity contribution is -0.121. The van der Waals surface area contributed by atoms with Gasteiger partial charge in [-0.05, 0) is 43.0 Å². The summed E-state index contributed by atoms with van der Waals surface area (Å²) < 4.78 is 3.53. The van der Waals surface area contributed by atoms with Crippen LogP contribution in [-0.4, -0.2) is 26.4 Å². The van der Waals surface area contributed by atoms with Crippen molar-refractivity contribution >= 4 is 22.6 Å². The molecule has 0 fully saturated rings. The molecule has 3 heterocycles. The maximum absolute atomic E-state index is 12.7. The molecule has 0 spiro atoms. The van der Waals surface area contributed by atoms with Crippen LogP contribution in [0, 0.1) is 5.92 Å². The van der Waals surface area contributed by atoms with Gasteiger partial charge >= 0.3 is 0 Å². The fourth-order valence-corrected chi connectivity index (χ4v) is 2.98. The predicted octanol–water partition coefficient (Wildman–Crippen LogP) is 2.59. The summed E-state index contributed by atoms with van der Waals surface area (Å²) in [7, 11) is 0. The normalized spacial score (nSPS) is 11.5. The number of hydrogen-bond acceptors (Lipinski definition) is 3. The first kappa shape index (κ1) is 17.2. The number of carbonyl (C=O) groups excluding carboxylic acids is 1. The Morgan fingerprint density at radius 3 is 2.84 bits per heavy atom. The molecule has 0 aromatic carbocycles. The molecule has 3 aromatic rings. The minimum absolute atomic E-state index is 0.0368. The van der Waals surface area contributed by atoms with Gasteiger partial charge in [0, 0.05) is 31.9 Å². The molecule has 1 amide bonds. The van der Waals surface area contributed by atoms with Crippen molar-refractivity contribution in [1.29, 1.82) is 0 Å². The van der Waals surface area contributed by atoms with E-state index in [1.165, 1.54) is 0 Å². The molecule has 1 N–H and O–H groups in total. The lowest BCUT2D eigenvalue weighted by Crippen LogP contribution is -2.27. The van der Waals surface area contributed by atoms with Crippen LogP contribution in [0.5, 0.6) is 0 Å². The molecule has 25 heavy (non-hydrogen) atoms. The number of rotatable bonds is 7. The predicted molar refractivity (Wildman–Crippen MR) is 98.7 cm³/mol. The molecule has 0 aliphatic heterocycles. The summed E-state index contributed by atoms with van der Waals surface area (Å²) in [6.07, 6.45) is 5.55. The summed E-state index contributed by atoms with van der Waals surface area (Å²) in [4.78, 5) is 29.0. The Morgan fingerprint density at radius 1 is 1.24 bits per heavy atom. The van der Waals surface area contributed by atoms with Gasteiger partial charge in [0.05, 0.1) is 5.52 Å². The van der Waals surface area contributed by atoms with Gasteiger partial charge in [-0.2, -0.15) is 0 Å². The number of aromatic nitrogens is 3. The lowest BCUT2D eigenvalue weighted by atomic mass is 10.1. The Labute approximate surface area is 146 Å². The molecule has 6 nitrogen and oxygen atoms in total. The number of amides is 1. The average molecular weight is 340 g/mol. The number of aryl methyl sites for hydroxylation is 1. The molecule has 0 aliphatic carbocycles. The summed E-state index contributed by atoms with van der Waals surface area (Å²) in [5, 5.41) is 2.93. The van der Waals surface area contributed by atoms with Crippen LogP contribution < -0.4 is 10.9 Å². The van der Waals surface area contributed by atoms with Crippen LogP contribution in [0.3, 0.4) is 0 Å². The standard InChI is InChI=1S/C19H24N4O2/c1-14(2)9-11-20-17(24)8-5-13-23-18-15(6-3-10-21-18)22-12-4-7-16(22)19(23)25/h3-4,6-7,10,12,14H,5,8-9,11,13H2,1-2H3,(H,20,24). The molecule has 0 bridgehead atoms. The van der Waals surface area contributed by atoms with Crippen molar-refractivity contribution in [2.45, 2.75) is 39.7 Å². The van der Waals surface area contributed by atoms with Gasteiger partial charge in [-0.1, -0.05) is 13.8 Å². The van der Waals surface area contributed by atoms with Crippen molar-refractivity contribution in [3.05, 3.63) is 47.0 Å². The highest BCUT2D eigenvalue weighted by Crippen LogP contribution is 2.13. The second kappa shape index (κ2) is 7.51. The van der Waals surface area contributed by atoms with Crippen molar-refractivity contribution in [1.82, 2.24) is 19.3 Å². The van der Waals surface area contributed by atoms with E-state index in [1.54, 1.807) is 10.8 Å². The van der Waals surface area contributed by atoms with Gasteiger partial charge in [0.15, 0.2) is 5.65 Å². The zero-order valence-electron chi connectivity index (χ0n) is 14.7. The molecule has 3 aromatic heterocycles. The van der Waals surface area contributed by atoms with Gasteiger partial charge in [-0.3, -0.25) is 14.2 Å². The Morgan fingerprint density at radius 2 is 2.04 bits per heavy atom. The molecule has 0 saturated heterocycles. The maximum Gasteiger partial charge on any atom is 0.276 e. The largest absolute Gasteiger partial charge is 0.356 e. The molecule has 3 rings (SSSR count). The van der Waals surface area contributed by atoms with Gasteiger partial charge in [0.25, 0.3) is 5.56 Å². The number of fused-ring (bicyclic) bond motifs is 3. The third-order valence-electron chi connectivity index (χ3n) is 4.32. The van der Waals surface area contributed by atoms with Crippen LogP contribution in [-0.2, 0) is 11.3 Å². The van der Waals surface area contributed by atoms with E-state index in [4.69, 9.17) is 0 Å². The number of nitrogens with one attached hydrogen (secondary N) is 1. The summed E-state index contributed by atoms with van der Waals surface area (Å²) in [5.74, 6) is 0.611. The molecule has 0 unspecified atom stereocenters. The van der Waals surface area contributed by atoms with Gasteiger partial charge in [-0.25, -0.2) is 4.98 Å². The zero-order valence-corrected chi connectivity index (χ0v) is 14.7. The highest BCUT2D eigenvalue weighted by atomic mass is 16.1. The second-order valence-corrected chi connectivity index (χ2v) is 6.70. The lowest BCUT2D eigenvalue weighted by Gasteiger charge is -2.12. The van der Waals surface area contributed by atoms with E-state index in [2.05, 4.69) is 24.1 Å². The molecule has 6 heteroatoms. The molecule has 0 aliphatic rings. The quantitative estimate of drug-likeness (QED) is 0.719. The average Bonchev–Trinajstić information content (AvgIpc) is 3.07. The van der Waals surface area contributed by atoms with Crippen LogP contribution in [0.1, 0.15) is 33.1 Å². The molecule has 132 valence electrons. The Kier molecular flexibility index (Phi) is 5.16. The minimum atomic E-state index is -0.0728. The van der Waals surface area contributed by atoms with E-state index >= 15 is 0 Å². The first-order valence-corrected chi connectivity index (χ1v) is 8.79. The second-order valence-electron chi connectivity index (χ2n) is 6.70. The highest BCUT2D eigenvalue weighted by Gasteiger charge is 2.11. The van der Waals surface area contributed by atoms with E-state index in [9.17, 15) is 9.59 Å². The van der Waals surface area contributed by atoms with E-state index < -0.39 is 0 Å². The Bertz CT molecular complexity index is 939. The number of nitrogens with zero attached hydrogens (tertiary/aromatic N) is 3. The van der Waals surface area contributed by atoms with Gasteiger partial charge < -0.3 is 9.72 Å². The first-order valence-electron chi connectivity index (χ1n) is 8.79. The number of carbonyl (C=O) groups is 1. The van der Waals surface area contributed by atoms with E-state index in [0.717, 1.165) is 11.9 Å². The minimum Gasteiger partial charge on any atom is -0.356 e. The fraction of sp³-hybridized carbons (Fsp3) is 0.421. The van der Waals surface area contributed by atoms with Crippen LogP contribution >= 0.6 is 0 Å². The van der Waals surface area contributed by atoms with Crippen molar-refractivity contribution in [2.75, 3.05) is 6.54 Å². The molecule has 0 saturated carbocycles. The number of pyridine rings is 1. The summed E-state index contributed by atoms with van der Waals surface area (Å²) in [6, 6.07) is 7.47. The van der Waals surface area contributed by atoms with Crippen LogP contribution in [0.25, 0.3) is 16.7 Å². The van der Waals surface area contributed by atoms with Crippen molar-refractivity contribution < 1.29 is 4.79 Å². The summed E-state index contributed by atoms with van der Waals surface area (Å²) >= 11 is 0. The summed E-state index contributed by atoms with van der Waals surface area (Å²) in [6.45, 7) is 5.45. The topological polar surface area (TPSA) is 68.4 Å². The maximum atomic E-state index is 12.7. The SMILES string of the molecule is CC(C)CCNC(=O)CCCn1c(=O)c2cccn2c2cccnc21. The molecule has 0 radical (unpaired) electrons. The van der Waals surface area contributed by atoms with Gasteiger partial charge in [0.2, 0.25) is 5.91 Å². The smallest absolute Gasteiger partial charge is 0.276 e. The first-order chi connectivity index (χ1) is 12.1. The molecular weight excluding hydrogens is 316 g/mol. The van der Waals surface area contributed by atoms with E-state index in [0.29, 0.717) is 43.0 Å². The zero-order chi connectivity index (χ0) is 17.8. The Hall–Kier alpha value is -2.63. The van der Waals surface area contributed by atoms with Crippen molar-refractivity contribution in [3.8, 4) is 0 Å². The van der Waals surface area contributed by atoms with Gasteiger partial charge in [-0.15, -0.1) is 0 Å². The fourth-order valence-electron chi connectivity index (χ4n) is 2.98. The van der Waals surface area contributed by atoms with E-state index in [-0.39, 0.29) is 11.5 Å². The van der Waals surface area contributed by atoms with Crippen LogP contribution in [0.15, 0.2) is 41.5 Å². The van der Waals surface area contributed by atoms with Crippen molar-refractivity contribution in [2.24, 2.45) is 5.92 Å². The highest BCUT2D eigenvalue weighted by molar-refractivity contribution is 5.76. The van der Waals surface area contributed by atoms with Crippen LogP contribution in [0.4, 0.5) is 0 Å². The van der Waals surface area contributed by atoms with Crippen LogP contribution in [0.2, 0.25) is 0 Å². The summed E-state index contributed by atoms with van der Waals surface area (Å²) in [5.41, 5.74) is 2.10. The molecular formula is C19H24N4O2. The van der Waals surface area contributed by atoms with E-state index in [1.807, 2.05) is 34.9 Å². The third kappa shape index (κ3) is 3.73.